The molecule has 234 valence electrons. The van der Waals surface area contributed by atoms with Crippen molar-refractivity contribution in [1.29, 1.82) is 0 Å². The number of ether oxygens (including phenoxy) is 1. The maximum absolute atomic E-state index is 14.3. The summed E-state index contributed by atoms with van der Waals surface area (Å²) >= 11 is 1.79. The van der Waals surface area contributed by atoms with Gasteiger partial charge in [0.15, 0.2) is 0 Å². The van der Waals surface area contributed by atoms with Gasteiger partial charge in [0.25, 0.3) is 0 Å². The lowest BCUT2D eigenvalue weighted by Crippen LogP contribution is -2.42. The molecular formula is C35H45N5O3S. The second kappa shape index (κ2) is 13.7. The van der Waals surface area contributed by atoms with Crippen molar-refractivity contribution < 1.29 is 14.3 Å². The molecule has 3 saturated carbocycles. The average Bonchev–Trinajstić information content (AvgIpc) is 3.79. The quantitative estimate of drug-likeness (QED) is 0.270. The molecule has 2 aromatic heterocycles. The minimum atomic E-state index is -0.397. The third-order valence-corrected chi connectivity index (χ3v) is 10.9. The summed E-state index contributed by atoms with van der Waals surface area (Å²) in [6.07, 6.45) is 13.3. The number of carbonyl (C=O) groups is 2. The van der Waals surface area contributed by atoms with Gasteiger partial charge in [0.2, 0.25) is 5.91 Å². The zero-order valence-corrected chi connectivity index (χ0v) is 27.0. The molecule has 3 fully saturated rings. The van der Waals surface area contributed by atoms with Crippen molar-refractivity contribution in [3.8, 4) is 10.4 Å². The van der Waals surface area contributed by atoms with Gasteiger partial charge in [-0.3, -0.25) is 4.79 Å². The lowest BCUT2D eigenvalue weighted by Gasteiger charge is -2.36. The van der Waals surface area contributed by atoms with Crippen molar-refractivity contribution in [3.63, 3.8) is 0 Å². The van der Waals surface area contributed by atoms with Crippen molar-refractivity contribution in [2.45, 2.75) is 82.1 Å². The average molecular weight is 616 g/mol. The van der Waals surface area contributed by atoms with Crippen molar-refractivity contribution in [2.24, 2.45) is 11.8 Å². The van der Waals surface area contributed by atoms with Gasteiger partial charge < -0.3 is 19.9 Å². The number of anilines is 2. The molecule has 9 heteroatoms. The van der Waals surface area contributed by atoms with Crippen LogP contribution in [0.1, 0.15) is 86.6 Å². The van der Waals surface area contributed by atoms with E-state index in [9.17, 15) is 9.59 Å². The third-order valence-electron chi connectivity index (χ3n) is 9.65. The van der Waals surface area contributed by atoms with E-state index in [1.165, 1.54) is 28.3 Å². The molecule has 3 aromatic rings. The highest BCUT2D eigenvalue weighted by molar-refractivity contribution is 7.15. The molecule has 8 nitrogen and oxygen atoms in total. The summed E-state index contributed by atoms with van der Waals surface area (Å²) < 4.78 is 5.50. The van der Waals surface area contributed by atoms with Gasteiger partial charge in [-0.05, 0) is 105 Å². The third kappa shape index (κ3) is 7.25. The Hall–Kier alpha value is -3.46. The molecule has 0 atom stereocenters. The van der Waals surface area contributed by atoms with Crippen LogP contribution >= 0.6 is 11.3 Å². The number of amides is 2. The topological polar surface area (TPSA) is 87.7 Å². The number of carbonyl (C=O) groups excluding carboxylic acids is 2. The van der Waals surface area contributed by atoms with Crippen LogP contribution in [0.4, 0.5) is 16.3 Å². The number of hydrogen-bond acceptors (Lipinski definition) is 7. The van der Waals surface area contributed by atoms with Gasteiger partial charge in [-0.25, -0.2) is 14.8 Å². The highest BCUT2D eigenvalue weighted by atomic mass is 32.1. The molecule has 0 aliphatic heterocycles. The number of hydrogen-bond donors (Lipinski definition) is 1. The molecule has 1 N–H and O–H groups in total. The van der Waals surface area contributed by atoms with Crippen molar-refractivity contribution in [1.82, 2.24) is 15.3 Å². The second-order valence-corrected chi connectivity index (χ2v) is 14.1. The number of rotatable bonds is 9. The van der Waals surface area contributed by atoms with Crippen molar-refractivity contribution >= 4 is 34.8 Å². The molecule has 0 radical (unpaired) electrons. The van der Waals surface area contributed by atoms with Crippen LogP contribution in [0.2, 0.25) is 0 Å². The lowest BCUT2D eigenvalue weighted by atomic mass is 9.78. The molecule has 6 rings (SSSR count). The Morgan fingerprint density at radius 1 is 0.909 bits per heavy atom. The van der Waals surface area contributed by atoms with Gasteiger partial charge in [0, 0.05) is 57.6 Å². The number of pyridine rings is 1. The van der Waals surface area contributed by atoms with Crippen LogP contribution in [-0.2, 0) is 9.53 Å². The first-order chi connectivity index (χ1) is 21.4. The maximum atomic E-state index is 14.3. The van der Waals surface area contributed by atoms with E-state index >= 15 is 0 Å². The van der Waals surface area contributed by atoms with E-state index in [1.54, 1.807) is 18.4 Å². The van der Waals surface area contributed by atoms with E-state index in [4.69, 9.17) is 9.72 Å². The zero-order chi connectivity index (χ0) is 30.6. The zero-order valence-electron chi connectivity index (χ0n) is 26.2. The number of benzene rings is 1. The Labute approximate surface area is 265 Å². The first-order valence-corrected chi connectivity index (χ1v) is 17.1. The normalized spacial score (nSPS) is 23.5. The molecular weight excluding hydrogens is 570 g/mol. The predicted octanol–water partition coefficient (Wildman–Crippen LogP) is 7.37. The summed E-state index contributed by atoms with van der Waals surface area (Å²) in [5, 5.41) is 3.77. The number of alkyl carbamates (subject to hydrolysis) is 1. The first-order valence-electron chi connectivity index (χ1n) is 16.3. The molecule has 0 spiro atoms. The Kier molecular flexibility index (Phi) is 9.50. The van der Waals surface area contributed by atoms with E-state index in [-0.39, 0.29) is 17.9 Å². The summed E-state index contributed by atoms with van der Waals surface area (Å²) in [5.41, 5.74) is 3.42. The largest absolute Gasteiger partial charge is 0.446 e. The Balaban J connectivity index is 1.16. The number of thiazole rings is 1. The van der Waals surface area contributed by atoms with Gasteiger partial charge >= 0.3 is 6.09 Å². The fourth-order valence-corrected chi connectivity index (χ4v) is 7.87. The SMILES string of the molecule is CNC(=O)OC1CCC(C(=O)N(CC2CCC(c3ccc(N(C)C)nc3)CC2)c2cccc(-c3cnc(C4CC4)s3)c2)CC1. The van der Waals surface area contributed by atoms with E-state index in [0.29, 0.717) is 30.6 Å². The van der Waals surface area contributed by atoms with Crippen molar-refractivity contribution in [2.75, 3.05) is 37.5 Å². The smallest absolute Gasteiger partial charge is 0.407 e. The molecule has 3 aliphatic carbocycles. The standard InChI is InChI=1S/C35H45N5O3S/c1-36-35(42)43-30-16-13-26(14-17-30)34(41)40(29-6-4-5-27(19-29)31-21-38-33(44-31)25-11-12-25)22-23-7-9-24(10-8-23)28-15-18-32(37-20-28)39(2)3/h4-6,15,18-21,23-26,30H,7-14,16-17,22H2,1-3H3,(H,36,42). The summed E-state index contributed by atoms with van der Waals surface area (Å²) in [6, 6.07) is 12.8. The van der Waals surface area contributed by atoms with Crippen LogP contribution < -0.4 is 15.1 Å². The highest BCUT2D eigenvalue weighted by Gasteiger charge is 2.34. The molecule has 44 heavy (non-hydrogen) atoms. The van der Waals surface area contributed by atoms with Gasteiger partial charge in [-0.2, -0.15) is 0 Å². The summed E-state index contributed by atoms with van der Waals surface area (Å²) in [4.78, 5) is 40.6. The molecule has 0 saturated heterocycles. The fraction of sp³-hybridized carbons (Fsp3) is 0.543. The predicted molar refractivity (Wildman–Crippen MR) is 176 cm³/mol. The van der Waals surface area contributed by atoms with Crippen LogP contribution in [-0.4, -0.2) is 55.8 Å². The lowest BCUT2D eigenvalue weighted by molar-refractivity contribution is -0.124. The first kappa shape index (κ1) is 30.6. The molecule has 0 unspecified atom stereocenters. The second-order valence-electron chi connectivity index (χ2n) is 13.0. The van der Waals surface area contributed by atoms with Crippen LogP contribution in [0.5, 0.6) is 0 Å². The molecule has 2 heterocycles. The van der Waals surface area contributed by atoms with E-state index in [2.05, 4.69) is 51.6 Å². The van der Waals surface area contributed by atoms with Gasteiger partial charge in [0.1, 0.15) is 11.9 Å². The van der Waals surface area contributed by atoms with Gasteiger partial charge in [0.05, 0.1) is 9.88 Å². The molecule has 0 bridgehead atoms. The fourth-order valence-electron chi connectivity index (χ4n) is 6.79. The van der Waals surface area contributed by atoms with E-state index in [0.717, 1.165) is 62.1 Å². The summed E-state index contributed by atoms with van der Waals surface area (Å²) in [6.45, 7) is 0.734. The summed E-state index contributed by atoms with van der Waals surface area (Å²) in [5.74, 6) is 2.72. The van der Waals surface area contributed by atoms with E-state index in [1.807, 2.05) is 31.4 Å². The Morgan fingerprint density at radius 3 is 2.32 bits per heavy atom. The Bertz CT molecular complexity index is 1420. The molecule has 3 aliphatic rings. The van der Waals surface area contributed by atoms with Crippen LogP contribution in [0.15, 0.2) is 48.8 Å². The number of aromatic nitrogens is 2. The minimum absolute atomic E-state index is 0.0642. The van der Waals surface area contributed by atoms with Gasteiger partial charge in [-0.1, -0.05) is 18.2 Å². The van der Waals surface area contributed by atoms with Crippen LogP contribution in [0, 0.1) is 11.8 Å². The van der Waals surface area contributed by atoms with E-state index < -0.39 is 6.09 Å². The Morgan fingerprint density at radius 2 is 1.66 bits per heavy atom. The monoisotopic (exact) mass is 615 g/mol. The van der Waals surface area contributed by atoms with Crippen LogP contribution in [0.3, 0.4) is 0 Å². The highest BCUT2D eigenvalue weighted by Crippen LogP contribution is 2.44. The number of nitrogens with zero attached hydrogens (tertiary/aromatic N) is 4. The summed E-state index contributed by atoms with van der Waals surface area (Å²) in [7, 11) is 5.61. The van der Waals surface area contributed by atoms with Gasteiger partial charge in [-0.15, -0.1) is 11.3 Å². The van der Waals surface area contributed by atoms with Crippen molar-refractivity contribution in [3.05, 3.63) is 59.4 Å². The molecule has 2 amide bonds. The minimum Gasteiger partial charge on any atom is -0.446 e. The molecule has 1 aromatic carbocycles. The van der Waals surface area contributed by atoms with Crippen LogP contribution in [0.25, 0.3) is 10.4 Å². The number of nitrogens with one attached hydrogen (secondary N) is 1. The maximum Gasteiger partial charge on any atom is 0.407 e.